The second kappa shape index (κ2) is 7.77. The molecule has 1 aliphatic carbocycles. The lowest BCUT2D eigenvalue weighted by molar-refractivity contribution is 0.104. The normalized spacial score (nSPS) is 23.9. The second-order valence-electron chi connectivity index (χ2n) is 8.94. The Labute approximate surface area is 178 Å². The fourth-order valence-electron chi connectivity index (χ4n) is 5.44. The van der Waals surface area contributed by atoms with Crippen molar-refractivity contribution in [2.24, 2.45) is 5.92 Å². The Bertz CT molecular complexity index is 1100. The predicted octanol–water partition coefficient (Wildman–Crippen LogP) is 4.50. The maximum Gasteiger partial charge on any atom is 0.187 e. The number of H-pyrrole nitrogens is 1. The minimum Gasteiger partial charge on any atom is -0.388 e. The summed E-state index contributed by atoms with van der Waals surface area (Å²) in [5.41, 5.74) is 5.90. The number of carbonyl (C=O) groups excluding carboxylic acids is 1. The second-order valence-corrected chi connectivity index (χ2v) is 8.94. The van der Waals surface area contributed by atoms with Gasteiger partial charge in [-0.25, -0.2) is 0 Å². The zero-order valence-corrected chi connectivity index (χ0v) is 17.7. The summed E-state index contributed by atoms with van der Waals surface area (Å²) in [6, 6.07) is 16.7. The van der Waals surface area contributed by atoms with Crippen molar-refractivity contribution in [3.05, 3.63) is 83.2 Å². The molecule has 1 fully saturated rings. The third-order valence-corrected chi connectivity index (χ3v) is 6.89. The standard InChI is InChI=1S/C26H29N3O/c1-17(11-25(30)19-7-4-3-5-8-19)27-14-18-12-22-21-9-6-10-23-26(21)20(15-28-23)13-24(22)29(2)16-18/h3-11,15,18,22,24,27-28H,12-14,16H2,1-2H3/t18?,22?,24-/m1/s1. The van der Waals surface area contributed by atoms with Crippen LogP contribution < -0.4 is 5.32 Å². The predicted molar refractivity (Wildman–Crippen MR) is 122 cm³/mol. The van der Waals surface area contributed by atoms with Crippen LogP contribution in [0.1, 0.15) is 40.7 Å². The van der Waals surface area contributed by atoms with Gasteiger partial charge in [-0.2, -0.15) is 0 Å². The molecule has 3 atom stereocenters. The molecule has 2 N–H and O–H groups in total. The molecule has 0 bridgehead atoms. The molecule has 5 rings (SSSR count). The average molecular weight is 400 g/mol. The molecule has 154 valence electrons. The van der Waals surface area contributed by atoms with Crippen LogP contribution in [0.25, 0.3) is 10.9 Å². The lowest BCUT2D eigenvalue weighted by atomic mass is 9.72. The highest BCUT2D eigenvalue weighted by Gasteiger charge is 2.39. The van der Waals surface area contributed by atoms with E-state index in [9.17, 15) is 4.79 Å². The molecule has 3 aromatic rings. The molecular weight excluding hydrogens is 370 g/mol. The van der Waals surface area contributed by atoms with E-state index in [0.29, 0.717) is 17.9 Å². The van der Waals surface area contributed by atoms with Crippen LogP contribution in [0.4, 0.5) is 0 Å². The fourth-order valence-corrected chi connectivity index (χ4v) is 5.44. The van der Waals surface area contributed by atoms with Gasteiger partial charge in [0.05, 0.1) is 0 Å². The summed E-state index contributed by atoms with van der Waals surface area (Å²) >= 11 is 0. The number of likely N-dealkylation sites (N-methyl/N-ethyl adjacent to an activating group) is 1. The van der Waals surface area contributed by atoms with E-state index in [0.717, 1.165) is 30.8 Å². The molecule has 1 aromatic heterocycles. The number of benzene rings is 2. The number of rotatable bonds is 5. The number of piperidine rings is 1. The first-order valence-corrected chi connectivity index (χ1v) is 10.9. The molecule has 2 heterocycles. The number of nitrogens with one attached hydrogen (secondary N) is 2. The summed E-state index contributed by atoms with van der Waals surface area (Å²) in [6.07, 6.45) is 6.23. The molecular formula is C26H29N3O. The molecule has 0 saturated carbocycles. The number of hydrogen-bond donors (Lipinski definition) is 2. The van der Waals surface area contributed by atoms with Gasteiger partial charge < -0.3 is 15.2 Å². The zero-order chi connectivity index (χ0) is 20.7. The zero-order valence-electron chi connectivity index (χ0n) is 17.7. The van der Waals surface area contributed by atoms with E-state index in [2.05, 4.69) is 46.6 Å². The topological polar surface area (TPSA) is 48.1 Å². The summed E-state index contributed by atoms with van der Waals surface area (Å²) in [4.78, 5) is 18.4. The number of aromatic amines is 1. The molecule has 1 saturated heterocycles. The number of nitrogens with zero attached hydrogens (tertiary/aromatic N) is 1. The van der Waals surface area contributed by atoms with Gasteiger partial charge in [-0.1, -0.05) is 42.5 Å². The first-order valence-electron chi connectivity index (χ1n) is 10.9. The first-order chi connectivity index (χ1) is 14.6. The molecule has 30 heavy (non-hydrogen) atoms. The van der Waals surface area contributed by atoms with Gasteiger partial charge in [-0.3, -0.25) is 4.79 Å². The van der Waals surface area contributed by atoms with E-state index >= 15 is 0 Å². The highest BCUT2D eigenvalue weighted by molar-refractivity contribution is 6.04. The maximum absolute atomic E-state index is 12.4. The van der Waals surface area contributed by atoms with Crippen molar-refractivity contribution in [3.8, 4) is 0 Å². The molecule has 4 heteroatoms. The average Bonchev–Trinajstić information content (AvgIpc) is 3.18. The minimum absolute atomic E-state index is 0.0559. The van der Waals surface area contributed by atoms with Crippen LogP contribution in [0.15, 0.2) is 66.5 Å². The number of hydrogen-bond acceptors (Lipinski definition) is 3. The molecule has 0 radical (unpaired) electrons. The monoisotopic (exact) mass is 399 g/mol. The van der Waals surface area contributed by atoms with Crippen LogP contribution in [0, 0.1) is 5.92 Å². The van der Waals surface area contributed by atoms with Crippen molar-refractivity contribution in [3.63, 3.8) is 0 Å². The van der Waals surface area contributed by atoms with Crippen LogP contribution in [0.2, 0.25) is 0 Å². The number of ketones is 1. The van der Waals surface area contributed by atoms with Crippen LogP contribution >= 0.6 is 0 Å². The quantitative estimate of drug-likeness (QED) is 0.490. The summed E-state index contributed by atoms with van der Waals surface area (Å²) < 4.78 is 0. The molecule has 1 aliphatic heterocycles. The van der Waals surface area contributed by atoms with Crippen molar-refractivity contribution < 1.29 is 4.79 Å². The molecule has 2 aromatic carbocycles. The van der Waals surface area contributed by atoms with Crippen LogP contribution in [-0.2, 0) is 6.42 Å². The van der Waals surface area contributed by atoms with E-state index < -0.39 is 0 Å². The smallest absolute Gasteiger partial charge is 0.187 e. The molecule has 0 amide bonds. The van der Waals surface area contributed by atoms with Crippen LogP contribution in [0.5, 0.6) is 0 Å². The Morgan fingerprint density at radius 3 is 2.87 bits per heavy atom. The van der Waals surface area contributed by atoms with Crippen molar-refractivity contribution in [2.45, 2.75) is 31.7 Å². The molecule has 2 aliphatic rings. The van der Waals surface area contributed by atoms with Crippen LogP contribution in [-0.4, -0.2) is 41.8 Å². The molecule has 2 unspecified atom stereocenters. The Morgan fingerprint density at radius 2 is 2.03 bits per heavy atom. The van der Waals surface area contributed by atoms with Crippen molar-refractivity contribution in [2.75, 3.05) is 20.1 Å². The van der Waals surface area contributed by atoms with Crippen molar-refractivity contribution in [1.82, 2.24) is 15.2 Å². The third-order valence-electron chi connectivity index (χ3n) is 6.89. The summed E-state index contributed by atoms with van der Waals surface area (Å²) in [5, 5.41) is 4.96. The number of allylic oxidation sites excluding steroid dienone is 2. The van der Waals surface area contributed by atoms with E-state index in [4.69, 9.17) is 0 Å². The van der Waals surface area contributed by atoms with Gasteiger partial charge in [-0.05, 0) is 49.9 Å². The maximum atomic E-state index is 12.4. The Morgan fingerprint density at radius 1 is 1.20 bits per heavy atom. The molecule has 0 spiro atoms. The van der Waals surface area contributed by atoms with E-state index in [1.165, 1.54) is 28.5 Å². The van der Waals surface area contributed by atoms with Gasteiger partial charge in [0.15, 0.2) is 5.78 Å². The largest absolute Gasteiger partial charge is 0.388 e. The Kier molecular flexibility index (Phi) is 4.95. The number of aromatic nitrogens is 1. The Hall–Kier alpha value is -2.85. The van der Waals surface area contributed by atoms with E-state index in [-0.39, 0.29) is 5.78 Å². The lowest BCUT2D eigenvalue weighted by Gasteiger charge is -2.45. The van der Waals surface area contributed by atoms with E-state index in [1.807, 2.05) is 37.3 Å². The first kappa shape index (κ1) is 19.1. The van der Waals surface area contributed by atoms with Crippen molar-refractivity contribution in [1.29, 1.82) is 0 Å². The van der Waals surface area contributed by atoms with Gasteiger partial charge in [0.1, 0.15) is 0 Å². The highest BCUT2D eigenvalue weighted by atomic mass is 16.1. The molecule has 4 nitrogen and oxygen atoms in total. The van der Waals surface area contributed by atoms with Gasteiger partial charge in [0.25, 0.3) is 0 Å². The third kappa shape index (κ3) is 3.46. The Balaban J connectivity index is 1.29. The summed E-state index contributed by atoms with van der Waals surface area (Å²) in [6.45, 7) is 3.97. The minimum atomic E-state index is 0.0559. The number of likely N-dealkylation sites (tertiary alicyclic amines) is 1. The van der Waals surface area contributed by atoms with E-state index in [1.54, 1.807) is 6.08 Å². The fraction of sp³-hybridized carbons (Fsp3) is 0.346. The number of fused-ring (bicyclic) bond motifs is 2. The van der Waals surface area contributed by atoms with Gasteiger partial charge >= 0.3 is 0 Å². The van der Waals surface area contributed by atoms with Gasteiger partial charge in [0, 0.05) is 59.5 Å². The van der Waals surface area contributed by atoms with Gasteiger partial charge in [0.2, 0.25) is 0 Å². The summed E-state index contributed by atoms with van der Waals surface area (Å²) in [7, 11) is 2.27. The lowest BCUT2D eigenvalue weighted by Crippen LogP contribution is -2.49. The number of carbonyl (C=O) groups is 1. The SMILES string of the molecule is CC(=CC(=O)c1ccccc1)NCC1CC2c3cccc4[nH]cc(c34)C[C@H]2N(C)C1. The highest BCUT2D eigenvalue weighted by Crippen LogP contribution is 2.44. The van der Waals surface area contributed by atoms with Crippen molar-refractivity contribution >= 4 is 16.7 Å². The van der Waals surface area contributed by atoms with Gasteiger partial charge in [-0.15, -0.1) is 0 Å². The van der Waals surface area contributed by atoms with Crippen LogP contribution in [0.3, 0.4) is 0 Å². The summed E-state index contributed by atoms with van der Waals surface area (Å²) in [5.74, 6) is 1.18.